The van der Waals surface area contributed by atoms with Crippen molar-refractivity contribution in [1.82, 2.24) is 10.2 Å². The molecule has 0 spiro atoms. The summed E-state index contributed by atoms with van der Waals surface area (Å²) in [5, 5.41) is 3.01. The van der Waals surface area contributed by atoms with Gasteiger partial charge in [-0.1, -0.05) is 13.8 Å². The molecule has 1 saturated heterocycles. The number of nitrogens with one attached hydrogen (secondary N) is 1. The van der Waals surface area contributed by atoms with Crippen LogP contribution in [0.4, 0.5) is 10.1 Å². The smallest absolute Gasteiger partial charge is 0.237 e. The van der Waals surface area contributed by atoms with Crippen LogP contribution in [-0.2, 0) is 4.79 Å². The molecule has 2 rings (SSSR count). The molecule has 1 unspecified atom stereocenters. The zero-order valence-electron chi connectivity index (χ0n) is 15.6. The molecule has 1 heterocycles. The average Bonchev–Trinajstić information content (AvgIpc) is 2.66. The van der Waals surface area contributed by atoms with E-state index in [1.54, 1.807) is 12.1 Å². The van der Waals surface area contributed by atoms with Gasteiger partial charge in [-0.05, 0) is 44.0 Å². The molecule has 5 nitrogen and oxygen atoms in total. The first kappa shape index (κ1) is 19.7. The van der Waals surface area contributed by atoms with Crippen LogP contribution in [0, 0.1) is 5.82 Å². The number of amides is 1. The van der Waals surface area contributed by atoms with E-state index < -0.39 is 0 Å². The molecule has 6 heteroatoms. The van der Waals surface area contributed by atoms with Crippen molar-refractivity contribution in [3.05, 3.63) is 30.1 Å². The number of hydrogen-bond donors (Lipinski definition) is 2. The summed E-state index contributed by atoms with van der Waals surface area (Å²) in [6.45, 7) is 9.82. The van der Waals surface area contributed by atoms with Crippen LogP contribution in [0.5, 0.6) is 0 Å². The number of benzene rings is 1. The van der Waals surface area contributed by atoms with Crippen molar-refractivity contribution in [2.75, 3.05) is 37.6 Å². The number of halogens is 1. The summed E-state index contributed by atoms with van der Waals surface area (Å²) in [4.78, 5) is 16.9. The highest BCUT2D eigenvalue weighted by molar-refractivity contribution is 5.81. The van der Waals surface area contributed by atoms with E-state index in [1.165, 1.54) is 12.1 Å². The van der Waals surface area contributed by atoms with E-state index in [2.05, 4.69) is 15.1 Å². The molecule has 1 aliphatic rings. The normalized spacial score (nSPS) is 17.4. The van der Waals surface area contributed by atoms with E-state index >= 15 is 0 Å². The van der Waals surface area contributed by atoms with E-state index in [-0.39, 0.29) is 23.3 Å². The average molecular weight is 350 g/mol. The fourth-order valence-electron chi connectivity index (χ4n) is 3.10. The summed E-state index contributed by atoms with van der Waals surface area (Å²) < 4.78 is 13.0. The Hall–Kier alpha value is -1.66. The maximum atomic E-state index is 13.0. The Morgan fingerprint density at radius 3 is 2.28 bits per heavy atom. The number of carbonyl (C=O) groups is 1. The maximum Gasteiger partial charge on any atom is 0.237 e. The third kappa shape index (κ3) is 5.16. The lowest BCUT2D eigenvalue weighted by molar-refractivity contribution is -0.126. The Bertz CT molecular complexity index is 551. The molecule has 3 N–H and O–H groups in total. The monoisotopic (exact) mass is 350 g/mol. The van der Waals surface area contributed by atoms with Gasteiger partial charge in [0.25, 0.3) is 0 Å². The van der Waals surface area contributed by atoms with Gasteiger partial charge in [0.2, 0.25) is 5.91 Å². The number of rotatable bonds is 7. The SMILES string of the molecule is CCC(N)(CC)CNC(=O)C(C)N1CCN(c2ccc(F)cc2)CC1. The van der Waals surface area contributed by atoms with Crippen molar-refractivity contribution < 1.29 is 9.18 Å². The van der Waals surface area contributed by atoms with E-state index in [1.807, 2.05) is 20.8 Å². The van der Waals surface area contributed by atoms with E-state index in [0.717, 1.165) is 44.7 Å². The molecular formula is C19H31FN4O. The fraction of sp³-hybridized carbons (Fsp3) is 0.632. The minimum Gasteiger partial charge on any atom is -0.369 e. The molecule has 140 valence electrons. The van der Waals surface area contributed by atoms with Gasteiger partial charge in [0, 0.05) is 44.0 Å². The highest BCUT2D eigenvalue weighted by atomic mass is 19.1. The van der Waals surface area contributed by atoms with Crippen LogP contribution in [-0.4, -0.2) is 55.1 Å². The summed E-state index contributed by atoms with van der Waals surface area (Å²) in [6.07, 6.45) is 1.68. The van der Waals surface area contributed by atoms with Gasteiger partial charge < -0.3 is 16.0 Å². The van der Waals surface area contributed by atoms with Crippen molar-refractivity contribution in [2.24, 2.45) is 5.73 Å². The Morgan fingerprint density at radius 1 is 1.20 bits per heavy atom. The van der Waals surface area contributed by atoms with Gasteiger partial charge >= 0.3 is 0 Å². The fourth-order valence-corrected chi connectivity index (χ4v) is 3.10. The minimum absolute atomic E-state index is 0.0342. The third-order valence-electron chi connectivity index (χ3n) is 5.46. The number of nitrogens with two attached hydrogens (primary N) is 1. The van der Waals surface area contributed by atoms with Gasteiger partial charge in [-0.25, -0.2) is 4.39 Å². The lowest BCUT2D eigenvalue weighted by Crippen LogP contribution is -2.56. The van der Waals surface area contributed by atoms with Crippen LogP contribution < -0.4 is 16.0 Å². The topological polar surface area (TPSA) is 61.6 Å². The van der Waals surface area contributed by atoms with Crippen molar-refractivity contribution in [1.29, 1.82) is 0 Å². The lowest BCUT2D eigenvalue weighted by Gasteiger charge is -2.39. The molecule has 1 fully saturated rings. The molecule has 0 aliphatic carbocycles. The van der Waals surface area contributed by atoms with Gasteiger partial charge in [0.1, 0.15) is 5.82 Å². The van der Waals surface area contributed by atoms with Gasteiger partial charge in [-0.2, -0.15) is 0 Å². The standard InChI is InChI=1S/C19H31FN4O/c1-4-19(21,5-2)14-22-18(25)15(3)23-10-12-24(13-11-23)17-8-6-16(20)7-9-17/h6-9,15H,4-5,10-14,21H2,1-3H3,(H,22,25). The zero-order valence-corrected chi connectivity index (χ0v) is 15.6. The van der Waals surface area contributed by atoms with Crippen molar-refractivity contribution in [3.8, 4) is 0 Å². The molecule has 1 amide bonds. The second-order valence-electron chi connectivity index (χ2n) is 6.96. The van der Waals surface area contributed by atoms with Crippen molar-refractivity contribution >= 4 is 11.6 Å². The Morgan fingerprint density at radius 2 is 1.76 bits per heavy atom. The first-order valence-electron chi connectivity index (χ1n) is 9.19. The number of carbonyl (C=O) groups excluding carboxylic acids is 1. The molecule has 0 aromatic heterocycles. The minimum atomic E-state index is -0.323. The molecule has 25 heavy (non-hydrogen) atoms. The van der Waals surface area contributed by atoms with E-state index in [4.69, 9.17) is 5.73 Å². The van der Waals surface area contributed by atoms with Crippen LogP contribution in [0.15, 0.2) is 24.3 Å². The molecule has 1 aromatic rings. The Kier molecular flexibility index (Phi) is 6.79. The third-order valence-corrected chi connectivity index (χ3v) is 5.46. The van der Waals surface area contributed by atoms with Gasteiger partial charge in [0.15, 0.2) is 0 Å². The summed E-state index contributed by atoms with van der Waals surface area (Å²) in [7, 11) is 0. The lowest BCUT2D eigenvalue weighted by atomic mass is 9.94. The molecule has 0 bridgehead atoms. The Labute approximate surface area is 150 Å². The first-order valence-corrected chi connectivity index (χ1v) is 9.19. The molecule has 1 aliphatic heterocycles. The van der Waals surface area contributed by atoms with Crippen LogP contribution >= 0.6 is 0 Å². The maximum absolute atomic E-state index is 13.0. The Balaban J connectivity index is 1.83. The van der Waals surface area contributed by atoms with E-state index in [9.17, 15) is 9.18 Å². The van der Waals surface area contributed by atoms with Crippen LogP contribution in [0.3, 0.4) is 0 Å². The van der Waals surface area contributed by atoms with Crippen LogP contribution in [0.2, 0.25) is 0 Å². The van der Waals surface area contributed by atoms with Crippen LogP contribution in [0.25, 0.3) is 0 Å². The molecule has 1 aromatic carbocycles. The molecule has 1 atom stereocenters. The van der Waals surface area contributed by atoms with Gasteiger partial charge in [0.05, 0.1) is 6.04 Å². The summed E-state index contributed by atoms with van der Waals surface area (Å²) in [5.74, 6) is -0.185. The summed E-state index contributed by atoms with van der Waals surface area (Å²) in [6, 6.07) is 6.40. The molecule has 0 radical (unpaired) electrons. The largest absolute Gasteiger partial charge is 0.369 e. The van der Waals surface area contributed by atoms with Gasteiger partial charge in [-0.3, -0.25) is 9.69 Å². The quantitative estimate of drug-likeness (QED) is 0.789. The predicted octanol–water partition coefficient (Wildman–Crippen LogP) is 1.97. The molecular weight excluding hydrogens is 319 g/mol. The highest BCUT2D eigenvalue weighted by Crippen LogP contribution is 2.18. The number of piperazine rings is 1. The van der Waals surface area contributed by atoms with Crippen LogP contribution in [0.1, 0.15) is 33.6 Å². The second kappa shape index (κ2) is 8.63. The number of nitrogens with zero attached hydrogens (tertiary/aromatic N) is 2. The first-order chi connectivity index (χ1) is 11.9. The number of hydrogen-bond acceptors (Lipinski definition) is 4. The van der Waals surface area contributed by atoms with E-state index in [0.29, 0.717) is 6.54 Å². The summed E-state index contributed by atoms with van der Waals surface area (Å²) in [5.41, 5.74) is 6.96. The predicted molar refractivity (Wildman–Crippen MR) is 100 cm³/mol. The zero-order chi connectivity index (χ0) is 18.4. The number of anilines is 1. The molecule has 0 saturated carbocycles. The highest BCUT2D eigenvalue weighted by Gasteiger charge is 2.27. The van der Waals surface area contributed by atoms with Crippen molar-refractivity contribution in [2.45, 2.75) is 45.2 Å². The van der Waals surface area contributed by atoms with Crippen molar-refractivity contribution in [3.63, 3.8) is 0 Å². The van der Waals surface area contributed by atoms with Gasteiger partial charge in [-0.15, -0.1) is 0 Å². The second-order valence-corrected chi connectivity index (χ2v) is 6.96. The summed E-state index contributed by atoms with van der Waals surface area (Å²) >= 11 is 0.